The summed E-state index contributed by atoms with van der Waals surface area (Å²) in [6.45, 7) is 4.94. The van der Waals surface area contributed by atoms with Crippen LogP contribution in [0.5, 0.6) is 0 Å². The fourth-order valence-corrected chi connectivity index (χ4v) is 1.20. The molecule has 0 aromatic rings. The first-order valence-corrected chi connectivity index (χ1v) is 3.56. The molecule has 2 unspecified atom stereocenters. The maximum absolute atomic E-state index is 5.36. The summed E-state index contributed by atoms with van der Waals surface area (Å²) >= 11 is 0. The van der Waals surface area contributed by atoms with Gasteiger partial charge < -0.3 is 9.47 Å². The zero-order valence-corrected chi connectivity index (χ0v) is 6.76. The van der Waals surface area contributed by atoms with Crippen LogP contribution in [0.15, 0.2) is 11.6 Å². The zero-order chi connectivity index (χ0) is 7.56. The molecule has 0 radical (unpaired) electrons. The van der Waals surface area contributed by atoms with Crippen LogP contribution < -0.4 is 0 Å². The second-order valence-corrected chi connectivity index (χ2v) is 2.79. The van der Waals surface area contributed by atoms with Crippen LogP contribution in [0, 0.1) is 5.92 Å². The van der Waals surface area contributed by atoms with Gasteiger partial charge >= 0.3 is 0 Å². The lowest BCUT2D eigenvalue weighted by Gasteiger charge is -2.24. The molecule has 0 spiro atoms. The number of hydrogen-bond acceptors (Lipinski definition) is 2. The van der Waals surface area contributed by atoms with Crippen LogP contribution in [0.1, 0.15) is 13.8 Å². The van der Waals surface area contributed by atoms with Crippen molar-refractivity contribution in [2.45, 2.75) is 20.1 Å². The van der Waals surface area contributed by atoms with Crippen LogP contribution in [0.3, 0.4) is 0 Å². The third-order valence-corrected chi connectivity index (χ3v) is 1.64. The zero-order valence-electron chi connectivity index (χ0n) is 6.76. The molecule has 1 heterocycles. The van der Waals surface area contributed by atoms with Crippen molar-refractivity contribution < 1.29 is 9.47 Å². The topological polar surface area (TPSA) is 18.5 Å². The van der Waals surface area contributed by atoms with E-state index in [1.807, 2.05) is 6.92 Å². The summed E-state index contributed by atoms with van der Waals surface area (Å²) in [6, 6.07) is 0. The molecule has 2 atom stereocenters. The minimum atomic E-state index is -0.101. The lowest BCUT2D eigenvalue weighted by atomic mass is 10.1. The number of hydrogen-bond donors (Lipinski definition) is 0. The molecule has 0 saturated carbocycles. The molecule has 2 nitrogen and oxygen atoms in total. The normalized spacial score (nSPS) is 33.7. The van der Waals surface area contributed by atoms with Crippen LogP contribution >= 0.6 is 0 Å². The van der Waals surface area contributed by atoms with Crippen molar-refractivity contribution >= 4 is 0 Å². The van der Waals surface area contributed by atoms with Crippen molar-refractivity contribution in [3.8, 4) is 0 Å². The predicted molar refractivity (Wildman–Crippen MR) is 39.7 cm³/mol. The van der Waals surface area contributed by atoms with Crippen LogP contribution in [0.2, 0.25) is 0 Å². The Morgan fingerprint density at radius 2 is 2.40 bits per heavy atom. The highest BCUT2D eigenvalue weighted by Crippen LogP contribution is 2.17. The summed E-state index contributed by atoms with van der Waals surface area (Å²) < 4.78 is 10.4. The average Bonchev–Trinajstić information content (AvgIpc) is 1.88. The summed E-state index contributed by atoms with van der Waals surface area (Å²) in [5, 5.41) is 0. The predicted octanol–water partition coefficient (Wildman–Crippen LogP) is 1.57. The Kier molecular flexibility index (Phi) is 2.46. The van der Waals surface area contributed by atoms with E-state index in [0.717, 1.165) is 6.61 Å². The molecule has 0 bridgehead atoms. The third-order valence-electron chi connectivity index (χ3n) is 1.64. The van der Waals surface area contributed by atoms with Gasteiger partial charge in [-0.2, -0.15) is 0 Å². The molecule has 10 heavy (non-hydrogen) atoms. The molecule has 1 aliphatic heterocycles. The van der Waals surface area contributed by atoms with Gasteiger partial charge in [0.2, 0.25) is 0 Å². The summed E-state index contributed by atoms with van der Waals surface area (Å²) in [4.78, 5) is 0. The summed E-state index contributed by atoms with van der Waals surface area (Å²) in [7, 11) is 1.66. The van der Waals surface area contributed by atoms with Gasteiger partial charge in [-0.1, -0.05) is 13.0 Å². The Labute approximate surface area is 61.8 Å². The molecule has 0 aromatic heterocycles. The van der Waals surface area contributed by atoms with E-state index in [9.17, 15) is 0 Å². The second-order valence-electron chi connectivity index (χ2n) is 2.79. The van der Waals surface area contributed by atoms with Gasteiger partial charge in [0.15, 0.2) is 6.29 Å². The van der Waals surface area contributed by atoms with E-state index in [2.05, 4.69) is 13.0 Å². The Morgan fingerprint density at radius 1 is 1.70 bits per heavy atom. The quantitative estimate of drug-likeness (QED) is 0.517. The van der Waals surface area contributed by atoms with Gasteiger partial charge in [0.25, 0.3) is 0 Å². The van der Waals surface area contributed by atoms with Crippen molar-refractivity contribution in [1.29, 1.82) is 0 Å². The first-order chi connectivity index (χ1) is 4.74. The van der Waals surface area contributed by atoms with E-state index in [0.29, 0.717) is 5.92 Å². The van der Waals surface area contributed by atoms with Gasteiger partial charge in [0.1, 0.15) is 0 Å². The van der Waals surface area contributed by atoms with Crippen molar-refractivity contribution in [1.82, 2.24) is 0 Å². The van der Waals surface area contributed by atoms with Gasteiger partial charge in [0, 0.05) is 7.11 Å². The molecule has 0 aromatic carbocycles. The molecule has 0 N–H and O–H groups in total. The fraction of sp³-hybridized carbons (Fsp3) is 0.750. The lowest BCUT2D eigenvalue weighted by Crippen LogP contribution is -2.24. The molecule has 0 saturated heterocycles. The fourth-order valence-electron chi connectivity index (χ4n) is 1.20. The minimum Gasteiger partial charge on any atom is -0.352 e. The maximum Gasteiger partial charge on any atom is 0.179 e. The molecule has 0 fully saturated rings. The smallest absolute Gasteiger partial charge is 0.179 e. The van der Waals surface area contributed by atoms with Crippen molar-refractivity contribution in [2.75, 3.05) is 13.7 Å². The van der Waals surface area contributed by atoms with Gasteiger partial charge in [0.05, 0.1) is 6.61 Å². The highest BCUT2D eigenvalue weighted by atomic mass is 16.7. The third kappa shape index (κ3) is 1.58. The van der Waals surface area contributed by atoms with Crippen molar-refractivity contribution in [3.63, 3.8) is 0 Å². The van der Waals surface area contributed by atoms with Crippen LogP contribution in [-0.4, -0.2) is 20.0 Å². The highest BCUT2D eigenvalue weighted by Gasteiger charge is 2.16. The average molecular weight is 142 g/mol. The second kappa shape index (κ2) is 3.17. The summed E-state index contributed by atoms with van der Waals surface area (Å²) in [5.41, 5.74) is 1.18. The van der Waals surface area contributed by atoms with Gasteiger partial charge in [-0.15, -0.1) is 0 Å². The standard InChI is InChI=1S/C8H14O2/c1-6-4-7(2)8(9-3)10-5-6/h4,6,8H,5H2,1-3H3. The van der Waals surface area contributed by atoms with E-state index >= 15 is 0 Å². The molecule has 0 amide bonds. The van der Waals surface area contributed by atoms with Crippen LogP contribution in [0.4, 0.5) is 0 Å². The Morgan fingerprint density at radius 3 is 2.90 bits per heavy atom. The lowest BCUT2D eigenvalue weighted by molar-refractivity contribution is -0.111. The Balaban J connectivity index is 2.58. The maximum atomic E-state index is 5.36. The minimum absolute atomic E-state index is 0.101. The molecule has 1 rings (SSSR count). The highest BCUT2D eigenvalue weighted by molar-refractivity contribution is 5.06. The van der Waals surface area contributed by atoms with E-state index in [-0.39, 0.29) is 6.29 Å². The largest absolute Gasteiger partial charge is 0.352 e. The van der Waals surface area contributed by atoms with Crippen molar-refractivity contribution in [3.05, 3.63) is 11.6 Å². The van der Waals surface area contributed by atoms with Gasteiger partial charge in [-0.25, -0.2) is 0 Å². The van der Waals surface area contributed by atoms with E-state index in [4.69, 9.17) is 9.47 Å². The van der Waals surface area contributed by atoms with Crippen molar-refractivity contribution in [2.24, 2.45) is 5.92 Å². The SMILES string of the molecule is COC1OCC(C)C=C1C. The van der Waals surface area contributed by atoms with Gasteiger partial charge in [-0.3, -0.25) is 0 Å². The molecule has 1 aliphatic rings. The summed E-state index contributed by atoms with van der Waals surface area (Å²) in [5.74, 6) is 0.534. The molecule has 0 aliphatic carbocycles. The first-order valence-electron chi connectivity index (χ1n) is 3.56. The number of methoxy groups -OCH3 is 1. The molecule has 2 heteroatoms. The van der Waals surface area contributed by atoms with E-state index < -0.39 is 0 Å². The number of ether oxygens (including phenoxy) is 2. The van der Waals surface area contributed by atoms with Gasteiger partial charge in [-0.05, 0) is 18.4 Å². The molecular weight excluding hydrogens is 128 g/mol. The van der Waals surface area contributed by atoms with Crippen LogP contribution in [0.25, 0.3) is 0 Å². The molecular formula is C8H14O2. The first kappa shape index (κ1) is 7.76. The van der Waals surface area contributed by atoms with E-state index in [1.54, 1.807) is 7.11 Å². The Hall–Kier alpha value is -0.340. The van der Waals surface area contributed by atoms with E-state index in [1.165, 1.54) is 5.57 Å². The summed E-state index contributed by atoms with van der Waals surface area (Å²) in [6.07, 6.45) is 2.09. The van der Waals surface area contributed by atoms with Crippen LogP contribution in [-0.2, 0) is 9.47 Å². The Bertz CT molecular complexity index is 140. The molecule has 58 valence electrons. The monoisotopic (exact) mass is 142 g/mol. The number of rotatable bonds is 1.